The monoisotopic (exact) mass is 326 g/mol. The van der Waals surface area contributed by atoms with Crippen LogP contribution >= 0.6 is 11.3 Å². The van der Waals surface area contributed by atoms with Gasteiger partial charge in [0, 0.05) is 37.3 Å². The number of alkyl halides is 3. The maximum absolute atomic E-state index is 12.5. The Morgan fingerprint density at radius 2 is 1.86 bits per heavy atom. The first-order valence-electron chi connectivity index (χ1n) is 6.29. The third kappa shape index (κ3) is 3.94. The van der Waals surface area contributed by atoms with Gasteiger partial charge in [0.25, 0.3) is 0 Å². The maximum atomic E-state index is 12.5. The third-order valence-corrected chi connectivity index (χ3v) is 3.63. The number of carbonyl (C=O) groups excluding carboxylic acids is 1. The van der Waals surface area contributed by atoms with Crippen LogP contribution in [0, 0.1) is 0 Å². The van der Waals surface area contributed by atoms with E-state index in [9.17, 15) is 18.0 Å². The summed E-state index contributed by atoms with van der Waals surface area (Å²) in [6.07, 6.45) is -1.36. The second kappa shape index (κ2) is 6.31. The Balaban J connectivity index is 2.19. The molecule has 2 rings (SSSR count). The van der Waals surface area contributed by atoms with Crippen molar-refractivity contribution in [3.05, 3.63) is 53.2 Å². The van der Waals surface area contributed by atoms with Gasteiger partial charge in [-0.25, -0.2) is 4.98 Å². The van der Waals surface area contributed by atoms with Gasteiger partial charge in [0.2, 0.25) is 5.78 Å². The molecule has 0 N–H and O–H groups in total. The second-order valence-corrected chi connectivity index (χ2v) is 5.61. The van der Waals surface area contributed by atoms with Crippen LogP contribution in [0.4, 0.5) is 13.2 Å². The van der Waals surface area contributed by atoms with Gasteiger partial charge in [-0.2, -0.15) is 13.2 Å². The van der Waals surface area contributed by atoms with E-state index in [-0.39, 0.29) is 11.5 Å². The van der Waals surface area contributed by atoms with Crippen LogP contribution in [0.2, 0.25) is 0 Å². The number of hydrogen-bond acceptors (Lipinski definition) is 4. The molecule has 3 nitrogen and oxygen atoms in total. The largest absolute Gasteiger partial charge is 0.416 e. The van der Waals surface area contributed by atoms with Crippen molar-refractivity contribution >= 4 is 17.1 Å². The number of benzene rings is 1. The summed E-state index contributed by atoms with van der Waals surface area (Å²) in [5.74, 6) is -0.247. The number of aromatic nitrogens is 1. The quantitative estimate of drug-likeness (QED) is 0.627. The normalized spacial score (nSPS) is 11.9. The van der Waals surface area contributed by atoms with Crippen LogP contribution in [0.25, 0.3) is 10.6 Å². The molecular formula is C15H13F3N2OS. The van der Waals surface area contributed by atoms with Gasteiger partial charge in [0.1, 0.15) is 10.7 Å². The van der Waals surface area contributed by atoms with Gasteiger partial charge in [0.15, 0.2) is 0 Å². The minimum atomic E-state index is -4.36. The van der Waals surface area contributed by atoms with Gasteiger partial charge in [-0.1, -0.05) is 12.1 Å². The van der Waals surface area contributed by atoms with Crippen molar-refractivity contribution in [1.82, 2.24) is 9.88 Å². The number of allylic oxidation sites excluding steroid dienone is 1. The van der Waals surface area contributed by atoms with E-state index in [4.69, 9.17) is 0 Å². The predicted octanol–water partition coefficient (Wildman–Crippen LogP) is 4.09. The number of ketones is 1. The van der Waals surface area contributed by atoms with Crippen molar-refractivity contribution in [1.29, 1.82) is 0 Å². The number of hydrogen-bond donors (Lipinski definition) is 0. The summed E-state index contributed by atoms with van der Waals surface area (Å²) in [6.45, 7) is 0. The molecule has 0 unspecified atom stereocenters. The second-order valence-electron chi connectivity index (χ2n) is 4.76. The molecule has 0 spiro atoms. The van der Waals surface area contributed by atoms with Gasteiger partial charge >= 0.3 is 6.18 Å². The Hall–Kier alpha value is -2.15. The zero-order valence-electron chi connectivity index (χ0n) is 11.9. The van der Waals surface area contributed by atoms with Gasteiger partial charge in [-0.3, -0.25) is 4.79 Å². The molecule has 7 heteroatoms. The van der Waals surface area contributed by atoms with Crippen molar-refractivity contribution in [2.75, 3.05) is 14.1 Å². The predicted molar refractivity (Wildman–Crippen MR) is 79.7 cm³/mol. The molecule has 0 amide bonds. The SMILES string of the molecule is CN(C)C=CC(=O)c1csc(-c2ccc(C(F)(F)F)cc2)n1. The van der Waals surface area contributed by atoms with Gasteiger partial charge in [-0.15, -0.1) is 11.3 Å². The number of halogens is 3. The fraction of sp³-hybridized carbons (Fsp3) is 0.200. The lowest BCUT2D eigenvalue weighted by Crippen LogP contribution is -2.04. The molecular weight excluding hydrogens is 313 g/mol. The highest BCUT2D eigenvalue weighted by Gasteiger charge is 2.30. The molecule has 1 aromatic heterocycles. The van der Waals surface area contributed by atoms with Crippen LogP contribution in [0.5, 0.6) is 0 Å². The summed E-state index contributed by atoms with van der Waals surface area (Å²) in [5.41, 5.74) is 0.115. The molecule has 0 aliphatic heterocycles. The van der Waals surface area contributed by atoms with E-state index in [0.29, 0.717) is 10.6 Å². The Bertz CT molecular complexity index is 688. The first-order valence-corrected chi connectivity index (χ1v) is 7.17. The standard InChI is InChI=1S/C15H13F3N2OS/c1-20(2)8-7-13(21)12-9-22-14(19-12)10-3-5-11(6-4-10)15(16,17)18/h3-9H,1-2H3. The molecule has 0 atom stereocenters. The van der Waals surface area contributed by atoms with Crippen molar-refractivity contribution in [3.8, 4) is 10.6 Å². The van der Waals surface area contributed by atoms with E-state index in [0.717, 1.165) is 12.1 Å². The zero-order chi connectivity index (χ0) is 16.3. The van der Waals surface area contributed by atoms with Gasteiger partial charge < -0.3 is 4.90 Å². The van der Waals surface area contributed by atoms with E-state index < -0.39 is 11.7 Å². The molecule has 0 saturated heterocycles. The summed E-state index contributed by atoms with van der Waals surface area (Å²) in [4.78, 5) is 17.8. The number of nitrogens with zero attached hydrogens (tertiary/aromatic N) is 2. The molecule has 0 fully saturated rings. The Morgan fingerprint density at radius 3 is 2.41 bits per heavy atom. The Morgan fingerprint density at radius 1 is 1.23 bits per heavy atom. The highest BCUT2D eigenvalue weighted by molar-refractivity contribution is 7.13. The Kier molecular flexibility index (Phi) is 4.65. The number of rotatable bonds is 4. The lowest BCUT2D eigenvalue weighted by atomic mass is 10.1. The maximum Gasteiger partial charge on any atom is 0.416 e. The third-order valence-electron chi connectivity index (χ3n) is 2.74. The van der Waals surface area contributed by atoms with E-state index >= 15 is 0 Å². The minimum absolute atomic E-state index is 0.247. The average molecular weight is 326 g/mol. The molecule has 0 bridgehead atoms. The molecule has 22 heavy (non-hydrogen) atoms. The van der Waals surface area contributed by atoms with Crippen molar-refractivity contribution in [3.63, 3.8) is 0 Å². The van der Waals surface area contributed by atoms with Crippen LogP contribution in [0.3, 0.4) is 0 Å². The van der Waals surface area contributed by atoms with Crippen LogP contribution in [0.1, 0.15) is 16.1 Å². The van der Waals surface area contributed by atoms with Crippen LogP contribution in [-0.2, 0) is 6.18 Å². The van der Waals surface area contributed by atoms with E-state index in [2.05, 4.69) is 4.98 Å². The minimum Gasteiger partial charge on any atom is -0.383 e. The summed E-state index contributed by atoms with van der Waals surface area (Å²) >= 11 is 1.22. The highest BCUT2D eigenvalue weighted by Crippen LogP contribution is 2.31. The molecule has 1 aromatic carbocycles. The average Bonchev–Trinajstić information content (AvgIpc) is 2.93. The molecule has 116 valence electrons. The zero-order valence-corrected chi connectivity index (χ0v) is 12.7. The molecule has 1 heterocycles. The number of carbonyl (C=O) groups is 1. The summed E-state index contributed by atoms with van der Waals surface area (Å²) in [7, 11) is 3.58. The summed E-state index contributed by atoms with van der Waals surface area (Å²) < 4.78 is 37.5. The number of thiazole rings is 1. The highest BCUT2D eigenvalue weighted by atomic mass is 32.1. The van der Waals surface area contributed by atoms with Gasteiger partial charge in [-0.05, 0) is 12.1 Å². The Labute approximate surface area is 129 Å². The lowest BCUT2D eigenvalue weighted by Gasteiger charge is -2.06. The fourth-order valence-corrected chi connectivity index (χ4v) is 2.44. The summed E-state index contributed by atoms with van der Waals surface area (Å²) in [5, 5.41) is 2.10. The van der Waals surface area contributed by atoms with E-state index in [1.807, 2.05) is 0 Å². The molecule has 0 radical (unpaired) electrons. The fourth-order valence-electron chi connectivity index (χ4n) is 1.62. The molecule has 0 saturated carbocycles. The van der Waals surface area contributed by atoms with Crippen molar-refractivity contribution in [2.45, 2.75) is 6.18 Å². The lowest BCUT2D eigenvalue weighted by molar-refractivity contribution is -0.137. The smallest absolute Gasteiger partial charge is 0.383 e. The van der Waals surface area contributed by atoms with Gasteiger partial charge in [0.05, 0.1) is 5.56 Å². The molecule has 2 aromatic rings. The first-order chi connectivity index (χ1) is 10.3. The molecule has 0 aliphatic carbocycles. The van der Waals surface area contributed by atoms with Crippen LogP contribution in [-0.4, -0.2) is 29.8 Å². The topological polar surface area (TPSA) is 33.2 Å². The van der Waals surface area contributed by atoms with Crippen molar-refractivity contribution in [2.24, 2.45) is 0 Å². The van der Waals surface area contributed by atoms with E-state index in [1.165, 1.54) is 29.5 Å². The molecule has 0 aliphatic rings. The van der Waals surface area contributed by atoms with Crippen molar-refractivity contribution < 1.29 is 18.0 Å². The summed E-state index contributed by atoms with van der Waals surface area (Å²) in [6, 6.07) is 4.71. The van der Waals surface area contributed by atoms with E-state index in [1.54, 1.807) is 30.6 Å². The first kappa shape index (κ1) is 16.2. The van der Waals surface area contributed by atoms with Crippen LogP contribution < -0.4 is 0 Å². The van der Waals surface area contributed by atoms with Crippen LogP contribution in [0.15, 0.2) is 41.9 Å².